The lowest BCUT2D eigenvalue weighted by Gasteiger charge is -2.28. The molecule has 0 saturated carbocycles. The highest BCUT2D eigenvalue weighted by Gasteiger charge is 2.10. The molecule has 1 aliphatic rings. The van der Waals surface area contributed by atoms with Gasteiger partial charge in [0.05, 0.1) is 0 Å². The van der Waals surface area contributed by atoms with E-state index in [2.05, 4.69) is 36.1 Å². The smallest absolute Gasteiger partial charge is 0.0366 e. The van der Waals surface area contributed by atoms with Crippen LogP contribution < -0.4 is 4.90 Å². The second-order valence-corrected chi connectivity index (χ2v) is 5.88. The lowest BCUT2D eigenvalue weighted by molar-refractivity contribution is 0.578. The van der Waals surface area contributed by atoms with Crippen molar-refractivity contribution in [3.05, 3.63) is 29.8 Å². The molecule has 1 saturated heterocycles. The van der Waals surface area contributed by atoms with Gasteiger partial charge in [0.25, 0.3) is 0 Å². The van der Waals surface area contributed by atoms with E-state index in [-0.39, 0.29) is 0 Å². The molecule has 19 heavy (non-hydrogen) atoms. The molecule has 1 fully saturated rings. The van der Waals surface area contributed by atoms with Gasteiger partial charge in [0, 0.05) is 18.8 Å². The van der Waals surface area contributed by atoms with Crippen LogP contribution >= 0.6 is 0 Å². The Morgan fingerprint density at radius 1 is 0.842 bits per heavy atom. The number of hydrogen-bond acceptors (Lipinski definition) is 1. The minimum atomic E-state index is 1.25. The van der Waals surface area contributed by atoms with Crippen molar-refractivity contribution in [2.24, 2.45) is 0 Å². The Balaban J connectivity index is 1.74. The average Bonchev–Trinajstić information content (AvgIpc) is 2.49. The van der Waals surface area contributed by atoms with Crippen LogP contribution in [-0.2, 0) is 6.42 Å². The fourth-order valence-electron chi connectivity index (χ4n) is 2.96. The Morgan fingerprint density at radius 2 is 1.53 bits per heavy atom. The number of hydrogen-bond donors (Lipinski definition) is 0. The van der Waals surface area contributed by atoms with E-state index >= 15 is 0 Å². The SMILES string of the molecule is CCCCCCCc1ccc(N2CCCCC2)cc1. The van der Waals surface area contributed by atoms with Gasteiger partial charge in [-0.1, -0.05) is 44.7 Å². The third kappa shape index (κ3) is 4.89. The second-order valence-electron chi connectivity index (χ2n) is 5.88. The third-order valence-electron chi connectivity index (χ3n) is 4.23. The minimum Gasteiger partial charge on any atom is -0.372 e. The van der Waals surface area contributed by atoms with Crippen molar-refractivity contribution in [3.63, 3.8) is 0 Å². The van der Waals surface area contributed by atoms with E-state index < -0.39 is 0 Å². The summed E-state index contributed by atoms with van der Waals surface area (Å²) in [7, 11) is 0. The Labute approximate surface area is 119 Å². The van der Waals surface area contributed by atoms with Crippen molar-refractivity contribution in [1.29, 1.82) is 0 Å². The number of nitrogens with zero attached hydrogens (tertiary/aromatic N) is 1. The van der Waals surface area contributed by atoms with E-state index in [0.717, 1.165) is 0 Å². The van der Waals surface area contributed by atoms with E-state index in [1.165, 1.54) is 82.1 Å². The number of aryl methyl sites for hydroxylation is 1. The summed E-state index contributed by atoms with van der Waals surface area (Å²) in [5, 5.41) is 0. The summed E-state index contributed by atoms with van der Waals surface area (Å²) in [6, 6.07) is 9.33. The van der Waals surface area contributed by atoms with Crippen LogP contribution in [0.5, 0.6) is 0 Å². The zero-order chi connectivity index (χ0) is 13.3. The van der Waals surface area contributed by atoms with E-state index in [1.54, 1.807) is 0 Å². The highest BCUT2D eigenvalue weighted by molar-refractivity contribution is 5.47. The quantitative estimate of drug-likeness (QED) is 0.609. The van der Waals surface area contributed by atoms with Gasteiger partial charge in [0.2, 0.25) is 0 Å². The van der Waals surface area contributed by atoms with Crippen LogP contribution in [0.25, 0.3) is 0 Å². The van der Waals surface area contributed by atoms with Crippen LogP contribution in [0.1, 0.15) is 63.9 Å². The molecule has 0 bridgehead atoms. The van der Waals surface area contributed by atoms with Gasteiger partial charge in [0.15, 0.2) is 0 Å². The first kappa shape index (κ1) is 14.4. The van der Waals surface area contributed by atoms with Gasteiger partial charge in [-0.2, -0.15) is 0 Å². The van der Waals surface area contributed by atoms with Crippen LogP contribution in [0.3, 0.4) is 0 Å². The Hall–Kier alpha value is -0.980. The van der Waals surface area contributed by atoms with Gasteiger partial charge in [-0.3, -0.25) is 0 Å². The summed E-state index contributed by atoms with van der Waals surface area (Å²) in [5.74, 6) is 0. The molecule has 1 aromatic carbocycles. The first-order valence-electron chi connectivity index (χ1n) is 8.24. The van der Waals surface area contributed by atoms with Crippen molar-refractivity contribution in [2.45, 2.75) is 64.7 Å². The van der Waals surface area contributed by atoms with E-state index in [0.29, 0.717) is 0 Å². The van der Waals surface area contributed by atoms with Crippen LogP contribution in [0, 0.1) is 0 Å². The van der Waals surface area contributed by atoms with Gasteiger partial charge in [-0.25, -0.2) is 0 Å². The van der Waals surface area contributed by atoms with E-state index in [9.17, 15) is 0 Å². The number of piperidine rings is 1. The molecule has 0 atom stereocenters. The molecule has 0 N–H and O–H groups in total. The first-order valence-corrected chi connectivity index (χ1v) is 8.24. The standard InChI is InChI=1S/C18H29N/c1-2-3-4-5-7-10-17-11-13-18(14-12-17)19-15-8-6-9-16-19/h11-14H,2-10,15-16H2,1H3. The van der Waals surface area contributed by atoms with E-state index in [4.69, 9.17) is 0 Å². The zero-order valence-electron chi connectivity index (χ0n) is 12.5. The lowest BCUT2D eigenvalue weighted by atomic mass is 10.0. The molecule has 0 unspecified atom stereocenters. The maximum Gasteiger partial charge on any atom is 0.0366 e. The van der Waals surface area contributed by atoms with Crippen LogP contribution in [0.15, 0.2) is 24.3 Å². The molecule has 1 aliphatic heterocycles. The predicted octanol–water partition coefficient (Wildman–Crippen LogP) is 5.19. The zero-order valence-corrected chi connectivity index (χ0v) is 12.5. The lowest BCUT2D eigenvalue weighted by Crippen LogP contribution is -2.29. The van der Waals surface area contributed by atoms with Crippen molar-refractivity contribution < 1.29 is 0 Å². The van der Waals surface area contributed by atoms with E-state index in [1.807, 2.05) is 0 Å². The summed E-state index contributed by atoms with van der Waals surface area (Å²) in [6.45, 7) is 4.77. The van der Waals surface area contributed by atoms with Crippen LogP contribution in [-0.4, -0.2) is 13.1 Å². The summed E-state index contributed by atoms with van der Waals surface area (Å²) in [5.41, 5.74) is 2.94. The van der Waals surface area contributed by atoms with Crippen molar-refractivity contribution >= 4 is 5.69 Å². The molecule has 1 nitrogen and oxygen atoms in total. The molecule has 0 aliphatic carbocycles. The molecular formula is C18H29N. The average molecular weight is 259 g/mol. The van der Waals surface area contributed by atoms with Gasteiger partial charge < -0.3 is 4.90 Å². The van der Waals surface area contributed by atoms with Crippen molar-refractivity contribution in [3.8, 4) is 0 Å². The van der Waals surface area contributed by atoms with Gasteiger partial charge in [-0.05, 0) is 49.8 Å². The maximum atomic E-state index is 2.54. The Bertz CT molecular complexity index is 335. The number of benzene rings is 1. The Kier molecular flexibility index (Phi) is 6.26. The summed E-state index contributed by atoms with van der Waals surface area (Å²) in [6.07, 6.45) is 12.3. The Morgan fingerprint density at radius 3 is 2.21 bits per heavy atom. The number of rotatable bonds is 7. The molecule has 2 rings (SSSR count). The summed E-state index contributed by atoms with van der Waals surface area (Å²) < 4.78 is 0. The van der Waals surface area contributed by atoms with Crippen LogP contribution in [0.4, 0.5) is 5.69 Å². The molecule has 106 valence electrons. The molecule has 1 heterocycles. The molecule has 0 amide bonds. The highest BCUT2D eigenvalue weighted by Crippen LogP contribution is 2.20. The molecule has 1 heteroatoms. The molecule has 1 aromatic rings. The second kappa shape index (κ2) is 8.24. The van der Waals surface area contributed by atoms with Gasteiger partial charge in [0.1, 0.15) is 0 Å². The largest absolute Gasteiger partial charge is 0.372 e. The molecule has 0 aromatic heterocycles. The van der Waals surface area contributed by atoms with Crippen molar-refractivity contribution in [2.75, 3.05) is 18.0 Å². The minimum absolute atomic E-state index is 1.25. The van der Waals surface area contributed by atoms with Gasteiger partial charge in [-0.15, -0.1) is 0 Å². The fraction of sp³-hybridized carbons (Fsp3) is 0.667. The maximum absolute atomic E-state index is 2.54. The van der Waals surface area contributed by atoms with Crippen LogP contribution in [0.2, 0.25) is 0 Å². The number of unbranched alkanes of at least 4 members (excludes halogenated alkanes) is 4. The highest BCUT2D eigenvalue weighted by atomic mass is 15.1. The topological polar surface area (TPSA) is 3.24 Å². The molecular weight excluding hydrogens is 230 g/mol. The normalized spacial score (nSPS) is 15.7. The fourth-order valence-corrected chi connectivity index (χ4v) is 2.96. The third-order valence-corrected chi connectivity index (χ3v) is 4.23. The first-order chi connectivity index (χ1) is 9.40. The molecule has 0 radical (unpaired) electrons. The summed E-state index contributed by atoms with van der Waals surface area (Å²) in [4.78, 5) is 2.54. The number of anilines is 1. The monoisotopic (exact) mass is 259 g/mol. The molecule has 0 spiro atoms. The summed E-state index contributed by atoms with van der Waals surface area (Å²) >= 11 is 0. The predicted molar refractivity (Wildman–Crippen MR) is 85.0 cm³/mol. The van der Waals surface area contributed by atoms with Crippen molar-refractivity contribution in [1.82, 2.24) is 0 Å². The van der Waals surface area contributed by atoms with Gasteiger partial charge >= 0.3 is 0 Å².